The van der Waals surface area contributed by atoms with E-state index in [4.69, 9.17) is 5.73 Å². The van der Waals surface area contributed by atoms with Gasteiger partial charge in [-0.05, 0) is 56.5 Å². The summed E-state index contributed by atoms with van der Waals surface area (Å²) in [5, 5.41) is 3.42. The van der Waals surface area contributed by atoms with Crippen LogP contribution in [0.1, 0.15) is 52.9 Å². The SMILES string of the molecule is CCNC1(C(N)=O)CCCC1CCN1CC(C)CC(C)C1. The third kappa shape index (κ3) is 3.78. The Labute approximate surface area is 129 Å². The number of likely N-dealkylation sites (N-methyl/N-ethyl adjacent to an activating group) is 1. The summed E-state index contributed by atoms with van der Waals surface area (Å²) in [6.07, 6.45) is 5.61. The van der Waals surface area contributed by atoms with Gasteiger partial charge in [0.25, 0.3) is 0 Å². The third-order valence-electron chi connectivity index (χ3n) is 5.49. The molecular weight excluding hydrogens is 262 g/mol. The van der Waals surface area contributed by atoms with Crippen LogP contribution in [0.15, 0.2) is 0 Å². The fourth-order valence-corrected chi connectivity index (χ4v) is 4.74. The van der Waals surface area contributed by atoms with Gasteiger partial charge in [-0.3, -0.25) is 4.79 Å². The Hall–Kier alpha value is -0.610. The summed E-state index contributed by atoms with van der Waals surface area (Å²) < 4.78 is 0. The minimum atomic E-state index is -0.443. The Bertz CT molecular complexity index is 350. The Balaban J connectivity index is 1.93. The molecule has 4 heteroatoms. The molecule has 122 valence electrons. The first-order chi connectivity index (χ1) is 9.98. The lowest BCUT2D eigenvalue weighted by molar-refractivity contribution is -0.126. The molecule has 0 aromatic rings. The van der Waals surface area contributed by atoms with E-state index in [-0.39, 0.29) is 5.91 Å². The third-order valence-corrected chi connectivity index (χ3v) is 5.49. The summed E-state index contributed by atoms with van der Waals surface area (Å²) in [6.45, 7) is 11.1. The molecule has 0 radical (unpaired) electrons. The molecule has 1 saturated carbocycles. The van der Waals surface area contributed by atoms with Crippen LogP contribution in [0.3, 0.4) is 0 Å². The summed E-state index contributed by atoms with van der Waals surface area (Å²) in [5.41, 5.74) is 5.30. The standard InChI is InChI=1S/C17H33N3O/c1-4-19-17(16(18)21)8-5-6-15(17)7-9-20-11-13(2)10-14(3)12-20/h13-15,19H,4-12H2,1-3H3,(H2,18,21). The monoisotopic (exact) mass is 295 g/mol. The fraction of sp³-hybridized carbons (Fsp3) is 0.941. The zero-order valence-electron chi connectivity index (χ0n) is 14.0. The molecule has 4 nitrogen and oxygen atoms in total. The lowest BCUT2D eigenvalue weighted by atomic mass is 9.83. The number of hydrogen-bond donors (Lipinski definition) is 2. The Kier molecular flexibility index (Phi) is 5.67. The van der Waals surface area contributed by atoms with Gasteiger partial charge in [0.15, 0.2) is 0 Å². The van der Waals surface area contributed by atoms with Gasteiger partial charge in [-0.2, -0.15) is 0 Å². The molecule has 2 rings (SSSR count). The van der Waals surface area contributed by atoms with Crippen LogP contribution in [0, 0.1) is 17.8 Å². The second-order valence-corrected chi connectivity index (χ2v) is 7.45. The van der Waals surface area contributed by atoms with Crippen molar-refractivity contribution in [2.45, 2.75) is 58.4 Å². The molecule has 2 aliphatic rings. The number of hydrogen-bond acceptors (Lipinski definition) is 3. The molecule has 0 bridgehead atoms. The molecule has 4 atom stereocenters. The van der Waals surface area contributed by atoms with Gasteiger partial charge in [-0.1, -0.05) is 27.2 Å². The van der Waals surface area contributed by atoms with Crippen LogP contribution >= 0.6 is 0 Å². The van der Waals surface area contributed by atoms with Crippen LogP contribution in [-0.2, 0) is 4.79 Å². The molecular formula is C17H33N3O. The molecule has 0 spiro atoms. The van der Waals surface area contributed by atoms with Crippen LogP contribution in [0.2, 0.25) is 0 Å². The predicted molar refractivity (Wildman–Crippen MR) is 86.9 cm³/mol. The topological polar surface area (TPSA) is 58.4 Å². The van der Waals surface area contributed by atoms with Crippen molar-refractivity contribution in [3.63, 3.8) is 0 Å². The van der Waals surface area contributed by atoms with Crippen LogP contribution in [0.25, 0.3) is 0 Å². The number of likely N-dealkylation sites (tertiary alicyclic amines) is 1. The summed E-state index contributed by atoms with van der Waals surface area (Å²) >= 11 is 0. The van der Waals surface area contributed by atoms with E-state index in [1.807, 2.05) is 0 Å². The highest BCUT2D eigenvalue weighted by atomic mass is 16.1. The van der Waals surface area contributed by atoms with E-state index in [1.54, 1.807) is 0 Å². The van der Waals surface area contributed by atoms with E-state index in [0.29, 0.717) is 5.92 Å². The van der Waals surface area contributed by atoms with Crippen LogP contribution in [0.4, 0.5) is 0 Å². The quantitative estimate of drug-likeness (QED) is 0.788. The van der Waals surface area contributed by atoms with Crippen LogP contribution in [0.5, 0.6) is 0 Å². The largest absolute Gasteiger partial charge is 0.368 e. The van der Waals surface area contributed by atoms with Gasteiger partial charge in [0.05, 0.1) is 0 Å². The molecule has 1 heterocycles. The second-order valence-electron chi connectivity index (χ2n) is 7.45. The normalized spacial score (nSPS) is 37.8. The molecule has 3 N–H and O–H groups in total. The summed E-state index contributed by atoms with van der Waals surface area (Å²) in [7, 11) is 0. The smallest absolute Gasteiger partial charge is 0.238 e. The average molecular weight is 295 g/mol. The van der Waals surface area contributed by atoms with Crippen molar-refractivity contribution in [1.29, 1.82) is 0 Å². The first-order valence-electron chi connectivity index (χ1n) is 8.75. The summed E-state index contributed by atoms with van der Waals surface area (Å²) in [4.78, 5) is 14.6. The van der Waals surface area contributed by atoms with E-state index < -0.39 is 5.54 Å². The van der Waals surface area contributed by atoms with E-state index in [1.165, 1.54) is 19.5 Å². The van der Waals surface area contributed by atoms with Gasteiger partial charge >= 0.3 is 0 Å². The zero-order valence-corrected chi connectivity index (χ0v) is 14.0. The maximum atomic E-state index is 12.0. The van der Waals surface area contributed by atoms with Gasteiger partial charge in [-0.25, -0.2) is 0 Å². The Morgan fingerprint density at radius 2 is 2.00 bits per heavy atom. The average Bonchev–Trinajstić information content (AvgIpc) is 2.80. The lowest BCUT2D eigenvalue weighted by Gasteiger charge is -2.38. The number of rotatable bonds is 6. The lowest BCUT2D eigenvalue weighted by Crippen LogP contribution is -2.58. The number of nitrogens with one attached hydrogen (secondary N) is 1. The van der Waals surface area contributed by atoms with Gasteiger partial charge in [0.2, 0.25) is 5.91 Å². The van der Waals surface area contributed by atoms with Crippen molar-refractivity contribution >= 4 is 5.91 Å². The molecule has 1 aliphatic heterocycles. The van der Waals surface area contributed by atoms with Gasteiger partial charge in [-0.15, -0.1) is 0 Å². The first kappa shape index (κ1) is 16.8. The highest BCUT2D eigenvalue weighted by Crippen LogP contribution is 2.38. The van der Waals surface area contributed by atoms with Gasteiger partial charge in [0, 0.05) is 13.1 Å². The molecule has 0 aromatic carbocycles. The number of primary amides is 1. The highest BCUT2D eigenvalue weighted by Gasteiger charge is 2.46. The Morgan fingerprint density at radius 1 is 1.33 bits per heavy atom. The van der Waals surface area contributed by atoms with Crippen LogP contribution < -0.4 is 11.1 Å². The second kappa shape index (κ2) is 7.10. The number of carbonyl (C=O) groups excluding carboxylic acids is 1. The number of piperidine rings is 1. The maximum Gasteiger partial charge on any atom is 0.238 e. The van der Waals surface area contributed by atoms with E-state index in [0.717, 1.165) is 50.6 Å². The maximum absolute atomic E-state index is 12.0. The minimum Gasteiger partial charge on any atom is -0.368 e. The van der Waals surface area contributed by atoms with Crippen molar-refractivity contribution in [2.24, 2.45) is 23.5 Å². The molecule has 21 heavy (non-hydrogen) atoms. The van der Waals surface area contributed by atoms with Gasteiger partial charge < -0.3 is 16.0 Å². The van der Waals surface area contributed by atoms with Crippen molar-refractivity contribution in [3.8, 4) is 0 Å². The van der Waals surface area contributed by atoms with E-state index in [2.05, 4.69) is 31.0 Å². The predicted octanol–water partition coefficient (Wildman–Crippen LogP) is 1.99. The molecule has 1 saturated heterocycles. The molecule has 1 amide bonds. The highest BCUT2D eigenvalue weighted by molar-refractivity contribution is 5.85. The van der Waals surface area contributed by atoms with Crippen molar-refractivity contribution in [2.75, 3.05) is 26.2 Å². The molecule has 1 aliphatic carbocycles. The first-order valence-corrected chi connectivity index (χ1v) is 8.75. The van der Waals surface area contributed by atoms with E-state index in [9.17, 15) is 4.79 Å². The number of nitrogens with two attached hydrogens (primary N) is 1. The zero-order chi connectivity index (χ0) is 15.5. The molecule has 2 fully saturated rings. The minimum absolute atomic E-state index is 0.146. The van der Waals surface area contributed by atoms with Crippen molar-refractivity contribution < 1.29 is 4.79 Å². The Morgan fingerprint density at radius 3 is 2.57 bits per heavy atom. The summed E-state index contributed by atoms with van der Waals surface area (Å²) in [5.74, 6) is 1.86. The van der Waals surface area contributed by atoms with Crippen LogP contribution in [-0.4, -0.2) is 42.5 Å². The van der Waals surface area contributed by atoms with E-state index >= 15 is 0 Å². The summed E-state index contributed by atoms with van der Waals surface area (Å²) in [6, 6.07) is 0. The number of nitrogens with zero attached hydrogens (tertiary/aromatic N) is 1. The molecule has 0 aromatic heterocycles. The van der Waals surface area contributed by atoms with Crippen molar-refractivity contribution in [1.82, 2.24) is 10.2 Å². The molecule has 4 unspecified atom stereocenters. The fourth-order valence-electron chi connectivity index (χ4n) is 4.74. The van der Waals surface area contributed by atoms with Gasteiger partial charge in [0.1, 0.15) is 5.54 Å². The number of amides is 1. The number of carbonyl (C=O) groups is 1. The van der Waals surface area contributed by atoms with Crippen molar-refractivity contribution in [3.05, 3.63) is 0 Å².